The molecule has 2 amide bonds. The number of hydrogen-bond donors (Lipinski definition) is 1. The molecule has 0 aliphatic carbocycles. The number of carbonyl (C=O) groups excluding carboxylic acids is 2. The molecule has 0 radical (unpaired) electrons. The molecule has 6 nitrogen and oxygen atoms in total. The smallest absolute Gasteiger partial charge is 0.270 e. The van der Waals surface area contributed by atoms with Gasteiger partial charge in [0.05, 0.1) is 11.8 Å². The number of amides is 2. The Kier molecular flexibility index (Phi) is 5.58. The predicted octanol–water partition coefficient (Wildman–Crippen LogP) is 3.42. The SMILES string of the molecule is Cc1cccc(N2C(=O)/C(=C/c3cc(C)n(C[C@H]4CCCO4)c3C)C(=O)NC2=S)c1. The number of rotatable bonds is 4. The van der Waals surface area contributed by atoms with Crippen LogP contribution in [-0.4, -0.2) is 34.2 Å². The summed E-state index contributed by atoms with van der Waals surface area (Å²) in [7, 11) is 0. The van der Waals surface area contributed by atoms with Crippen LogP contribution in [0.2, 0.25) is 0 Å². The molecule has 4 rings (SSSR count). The minimum absolute atomic E-state index is 0.0717. The monoisotopic (exact) mass is 423 g/mol. The van der Waals surface area contributed by atoms with E-state index in [9.17, 15) is 9.59 Å². The van der Waals surface area contributed by atoms with E-state index in [0.29, 0.717) is 5.69 Å². The average molecular weight is 424 g/mol. The first-order chi connectivity index (χ1) is 14.3. The molecule has 7 heteroatoms. The van der Waals surface area contributed by atoms with E-state index in [1.165, 1.54) is 4.90 Å². The van der Waals surface area contributed by atoms with E-state index >= 15 is 0 Å². The van der Waals surface area contributed by atoms with Crippen molar-refractivity contribution in [3.8, 4) is 0 Å². The largest absolute Gasteiger partial charge is 0.376 e. The first-order valence-electron chi connectivity index (χ1n) is 10.1. The molecule has 1 N–H and O–H groups in total. The number of aryl methyl sites for hydroxylation is 2. The molecule has 1 atom stereocenters. The molecule has 30 heavy (non-hydrogen) atoms. The lowest BCUT2D eigenvalue weighted by molar-refractivity contribution is -0.122. The topological polar surface area (TPSA) is 63.6 Å². The normalized spacial score (nSPS) is 20.9. The van der Waals surface area contributed by atoms with Gasteiger partial charge < -0.3 is 9.30 Å². The van der Waals surface area contributed by atoms with Crippen molar-refractivity contribution in [2.75, 3.05) is 11.5 Å². The van der Waals surface area contributed by atoms with Gasteiger partial charge in [-0.3, -0.25) is 19.8 Å². The van der Waals surface area contributed by atoms with E-state index in [0.717, 1.165) is 48.5 Å². The number of thiocarbonyl (C=S) groups is 1. The van der Waals surface area contributed by atoms with Crippen LogP contribution in [-0.2, 0) is 20.9 Å². The Morgan fingerprint density at radius 2 is 2.03 bits per heavy atom. The van der Waals surface area contributed by atoms with Crippen LogP contribution in [0.3, 0.4) is 0 Å². The van der Waals surface area contributed by atoms with Crippen LogP contribution in [0.15, 0.2) is 35.9 Å². The maximum absolute atomic E-state index is 13.2. The molecule has 3 heterocycles. The number of hydrogen-bond acceptors (Lipinski definition) is 4. The van der Waals surface area contributed by atoms with Crippen LogP contribution in [0, 0.1) is 20.8 Å². The zero-order valence-corrected chi connectivity index (χ0v) is 18.2. The lowest BCUT2D eigenvalue weighted by atomic mass is 10.1. The average Bonchev–Trinajstić information content (AvgIpc) is 3.29. The molecule has 2 saturated heterocycles. The van der Waals surface area contributed by atoms with Gasteiger partial charge in [0.2, 0.25) is 0 Å². The summed E-state index contributed by atoms with van der Waals surface area (Å²) < 4.78 is 7.96. The van der Waals surface area contributed by atoms with Gasteiger partial charge in [-0.05, 0) is 81.2 Å². The summed E-state index contributed by atoms with van der Waals surface area (Å²) in [6.45, 7) is 7.56. The van der Waals surface area contributed by atoms with E-state index in [1.807, 2.05) is 45.0 Å². The molecular weight excluding hydrogens is 398 g/mol. The molecule has 2 aliphatic rings. The second kappa shape index (κ2) is 8.16. The minimum Gasteiger partial charge on any atom is -0.376 e. The molecule has 2 aliphatic heterocycles. The second-order valence-corrected chi connectivity index (χ2v) is 8.26. The Balaban J connectivity index is 1.67. The summed E-state index contributed by atoms with van der Waals surface area (Å²) in [5, 5.41) is 2.74. The Hall–Kier alpha value is -2.77. The van der Waals surface area contributed by atoms with Crippen molar-refractivity contribution in [2.24, 2.45) is 0 Å². The predicted molar refractivity (Wildman–Crippen MR) is 120 cm³/mol. The number of nitrogens with one attached hydrogen (secondary N) is 1. The number of carbonyl (C=O) groups is 2. The number of aromatic nitrogens is 1. The number of benzene rings is 1. The van der Waals surface area contributed by atoms with Gasteiger partial charge >= 0.3 is 0 Å². The molecule has 156 valence electrons. The highest BCUT2D eigenvalue weighted by Crippen LogP contribution is 2.26. The summed E-state index contributed by atoms with van der Waals surface area (Å²) in [5.74, 6) is -0.892. The molecule has 2 fully saturated rings. The second-order valence-electron chi connectivity index (χ2n) is 7.87. The van der Waals surface area contributed by atoms with E-state index < -0.39 is 11.8 Å². The zero-order chi connectivity index (χ0) is 21.4. The van der Waals surface area contributed by atoms with Crippen molar-refractivity contribution in [1.82, 2.24) is 9.88 Å². The van der Waals surface area contributed by atoms with Gasteiger partial charge in [-0.1, -0.05) is 12.1 Å². The van der Waals surface area contributed by atoms with Crippen LogP contribution in [0.4, 0.5) is 5.69 Å². The molecule has 0 saturated carbocycles. The third kappa shape index (κ3) is 3.82. The number of anilines is 1. The summed E-state index contributed by atoms with van der Waals surface area (Å²) in [6, 6.07) is 9.48. The van der Waals surface area contributed by atoms with Gasteiger partial charge in [0.15, 0.2) is 5.11 Å². The van der Waals surface area contributed by atoms with E-state index in [4.69, 9.17) is 17.0 Å². The van der Waals surface area contributed by atoms with E-state index in [1.54, 1.807) is 12.1 Å². The molecule has 0 bridgehead atoms. The third-order valence-corrected chi connectivity index (χ3v) is 5.97. The van der Waals surface area contributed by atoms with Crippen molar-refractivity contribution in [2.45, 2.75) is 46.3 Å². The lowest BCUT2D eigenvalue weighted by Gasteiger charge is -2.29. The Labute approximate surface area is 181 Å². The molecule has 0 spiro atoms. The Morgan fingerprint density at radius 3 is 2.73 bits per heavy atom. The fourth-order valence-electron chi connectivity index (χ4n) is 4.06. The zero-order valence-electron chi connectivity index (χ0n) is 17.4. The van der Waals surface area contributed by atoms with E-state index in [-0.39, 0.29) is 16.8 Å². The van der Waals surface area contributed by atoms with Crippen molar-refractivity contribution >= 4 is 40.9 Å². The first-order valence-corrected chi connectivity index (χ1v) is 10.5. The Bertz CT molecular complexity index is 1060. The fourth-order valence-corrected chi connectivity index (χ4v) is 4.34. The van der Waals surface area contributed by atoms with Gasteiger partial charge in [-0.25, -0.2) is 0 Å². The van der Waals surface area contributed by atoms with E-state index in [2.05, 4.69) is 9.88 Å². The first kappa shape index (κ1) is 20.5. The van der Waals surface area contributed by atoms with Gasteiger partial charge in [0, 0.05) is 24.5 Å². The lowest BCUT2D eigenvalue weighted by Crippen LogP contribution is -2.54. The standard InChI is InChI=1S/C23H25N3O3S/c1-14-6-4-7-18(10-14)26-22(28)20(21(27)24-23(26)30)12-17-11-15(2)25(16(17)3)13-19-8-5-9-29-19/h4,6-7,10-12,19H,5,8-9,13H2,1-3H3,(H,24,27,30)/b20-12+/t19-/m1/s1. The quantitative estimate of drug-likeness (QED) is 0.465. The summed E-state index contributed by atoms with van der Waals surface area (Å²) >= 11 is 5.28. The van der Waals surface area contributed by atoms with Crippen molar-refractivity contribution < 1.29 is 14.3 Å². The third-order valence-electron chi connectivity index (χ3n) is 5.68. The number of nitrogens with zero attached hydrogens (tertiary/aromatic N) is 2. The molecule has 1 aromatic heterocycles. The van der Waals surface area contributed by atoms with Crippen molar-refractivity contribution in [3.63, 3.8) is 0 Å². The van der Waals surface area contributed by atoms with Crippen LogP contribution >= 0.6 is 12.2 Å². The van der Waals surface area contributed by atoms with Gasteiger partial charge in [0.25, 0.3) is 11.8 Å². The highest BCUT2D eigenvalue weighted by molar-refractivity contribution is 7.80. The molecule has 0 unspecified atom stereocenters. The molecule has 1 aromatic carbocycles. The van der Waals surface area contributed by atoms with Gasteiger partial charge in [-0.2, -0.15) is 0 Å². The highest BCUT2D eigenvalue weighted by atomic mass is 32.1. The summed E-state index contributed by atoms with van der Waals surface area (Å²) in [5.41, 5.74) is 4.64. The van der Waals surface area contributed by atoms with Gasteiger partial charge in [-0.15, -0.1) is 0 Å². The van der Waals surface area contributed by atoms with Crippen LogP contribution in [0.25, 0.3) is 6.08 Å². The summed E-state index contributed by atoms with van der Waals surface area (Å²) in [4.78, 5) is 27.2. The minimum atomic E-state index is -0.474. The highest BCUT2D eigenvalue weighted by Gasteiger charge is 2.34. The van der Waals surface area contributed by atoms with Crippen molar-refractivity contribution in [1.29, 1.82) is 0 Å². The number of ether oxygens (including phenoxy) is 1. The summed E-state index contributed by atoms with van der Waals surface area (Å²) in [6.07, 6.45) is 4.02. The van der Waals surface area contributed by atoms with Crippen LogP contribution < -0.4 is 10.2 Å². The van der Waals surface area contributed by atoms with Crippen LogP contribution in [0.1, 0.15) is 35.4 Å². The maximum Gasteiger partial charge on any atom is 0.270 e. The van der Waals surface area contributed by atoms with Gasteiger partial charge in [0.1, 0.15) is 5.57 Å². The maximum atomic E-state index is 13.2. The van der Waals surface area contributed by atoms with Crippen molar-refractivity contribution in [3.05, 3.63) is 58.4 Å². The molecular formula is C23H25N3O3S. The molecule has 2 aromatic rings. The van der Waals surface area contributed by atoms with Crippen LogP contribution in [0.5, 0.6) is 0 Å². The Morgan fingerprint density at radius 1 is 1.23 bits per heavy atom. The fraction of sp³-hybridized carbons (Fsp3) is 0.348.